The first kappa shape index (κ1) is 12.0. The van der Waals surface area contributed by atoms with Crippen molar-refractivity contribution < 1.29 is 13.2 Å². The van der Waals surface area contributed by atoms with Gasteiger partial charge in [0, 0.05) is 19.0 Å². The normalized spacial score (nSPS) is 12.1. The molecule has 0 heterocycles. The first-order valence-electron chi connectivity index (χ1n) is 4.56. The van der Waals surface area contributed by atoms with Crippen molar-refractivity contribution in [2.45, 2.75) is 12.1 Å². The second-order valence-corrected chi connectivity index (χ2v) is 3.29. The Hall–Kier alpha value is -1.07. The largest absolute Gasteiger partial charge is 0.416 e. The molecule has 0 aliphatic carbocycles. The number of benzene rings is 1. The molecule has 0 fully saturated rings. The minimum absolute atomic E-state index is 0.0766. The number of rotatable bonds is 3. The van der Waals surface area contributed by atoms with Gasteiger partial charge in [0.05, 0.1) is 5.56 Å². The Kier molecular flexibility index (Phi) is 3.71. The second-order valence-electron chi connectivity index (χ2n) is 3.29. The first-order valence-corrected chi connectivity index (χ1v) is 4.56. The molecule has 2 nitrogen and oxygen atoms in total. The summed E-state index contributed by atoms with van der Waals surface area (Å²) in [6.45, 7) is 0.670. The van der Waals surface area contributed by atoms with Gasteiger partial charge in [0.15, 0.2) is 0 Å². The van der Waals surface area contributed by atoms with Gasteiger partial charge >= 0.3 is 6.18 Å². The second kappa shape index (κ2) is 4.63. The van der Waals surface area contributed by atoms with Crippen molar-refractivity contribution in [1.82, 2.24) is 0 Å². The Balaban J connectivity index is 2.89. The number of alkyl halides is 3. The zero-order valence-corrected chi connectivity index (χ0v) is 8.09. The van der Waals surface area contributed by atoms with Gasteiger partial charge in [-0.3, -0.25) is 0 Å². The molecular formula is C10H13F3N2. The van der Waals surface area contributed by atoms with Crippen molar-refractivity contribution in [1.29, 1.82) is 0 Å². The highest BCUT2D eigenvalue weighted by molar-refractivity contribution is 5.27. The van der Waals surface area contributed by atoms with E-state index in [1.54, 1.807) is 0 Å². The predicted octanol–water partition coefficient (Wildman–Crippen LogP) is 1.71. The molecule has 84 valence electrons. The molecule has 1 aromatic rings. The fourth-order valence-electron chi connectivity index (χ4n) is 1.31. The van der Waals surface area contributed by atoms with Crippen LogP contribution >= 0.6 is 0 Å². The highest BCUT2D eigenvalue weighted by atomic mass is 19.4. The molecule has 0 aliphatic rings. The molecule has 1 rings (SSSR count). The Labute approximate surface area is 86.1 Å². The van der Waals surface area contributed by atoms with Crippen LogP contribution < -0.4 is 11.5 Å². The molecule has 0 saturated heterocycles. The SMILES string of the molecule is NCC(CN)c1ccc(C(F)(F)F)cc1. The van der Waals surface area contributed by atoms with Gasteiger partial charge in [0.1, 0.15) is 0 Å². The average molecular weight is 218 g/mol. The third-order valence-corrected chi connectivity index (χ3v) is 2.28. The van der Waals surface area contributed by atoms with Gasteiger partial charge in [-0.25, -0.2) is 0 Å². The fourth-order valence-corrected chi connectivity index (χ4v) is 1.31. The molecule has 15 heavy (non-hydrogen) atoms. The summed E-state index contributed by atoms with van der Waals surface area (Å²) in [6.07, 6.45) is -4.29. The number of nitrogens with two attached hydrogens (primary N) is 2. The van der Waals surface area contributed by atoms with Crippen molar-refractivity contribution in [2.24, 2.45) is 11.5 Å². The molecule has 0 unspecified atom stereocenters. The van der Waals surface area contributed by atoms with Gasteiger partial charge in [0.2, 0.25) is 0 Å². The lowest BCUT2D eigenvalue weighted by Crippen LogP contribution is -2.21. The third kappa shape index (κ3) is 2.94. The van der Waals surface area contributed by atoms with Gasteiger partial charge in [0.25, 0.3) is 0 Å². The van der Waals surface area contributed by atoms with Crippen LogP contribution in [0, 0.1) is 0 Å². The van der Waals surface area contributed by atoms with Crippen LogP contribution in [-0.2, 0) is 6.18 Å². The zero-order chi connectivity index (χ0) is 11.5. The van der Waals surface area contributed by atoms with E-state index in [1.807, 2.05) is 0 Å². The molecule has 0 atom stereocenters. The molecule has 0 aliphatic heterocycles. The van der Waals surface area contributed by atoms with E-state index < -0.39 is 11.7 Å². The lowest BCUT2D eigenvalue weighted by atomic mass is 9.98. The summed E-state index contributed by atoms with van der Waals surface area (Å²) >= 11 is 0. The van der Waals surface area contributed by atoms with Crippen LogP contribution in [0.2, 0.25) is 0 Å². The monoisotopic (exact) mass is 218 g/mol. The summed E-state index contributed by atoms with van der Waals surface area (Å²) in [5.74, 6) is -0.0766. The number of hydrogen-bond acceptors (Lipinski definition) is 2. The van der Waals surface area contributed by atoms with Gasteiger partial charge in [-0.1, -0.05) is 12.1 Å². The summed E-state index contributed by atoms with van der Waals surface area (Å²) in [6, 6.07) is 4.95. The Bertz CT molecular complexity index is 301. The highest BCUT2D eigenvalue weighted by Gasteiger charge is 2.30. The van der Waals surface area contributed by atoms with Crippen LogP contribution in [0.5, 0.6) is 0 Å². The zero-order valence-electron chi connectivity index (χ0n) is 8.09. The summed E-state index contributed by atoms with van der Waals surface area (Å²) in [5, 5.41) is 0. The molecule has 0 bridgehead atoms. The van der Waals surface area contributed by atoms with E-state index in [4.69, 9.17) is 11.5 Å². The van der Waals surface area contributed by atoms with Crippen LogP contribution in [0.1, 0.15) is 17.0 Å². The molecule has 0 spiro atoms. The first-order chi connectivity index (χ1) is 6.99. The van der Waals surface area contributed by atoms with Gasteiger partial charge in [-0.15, -0.1) is 0 Å². The van der Waals surface area contributed by atoms with E-state index in [0.29, 0.717) is 13.1 Å². The summed E-state index contributed by atoms with van der Waals surface area (Å²) < 4.78 is 36.7. The summed E-state index contributed by atoms with van der Waals surface area (Å²) in [5.41, 5.74) is 11.0. The van der Waals surface area contributed by atoms with Gasteiger partial charge in [-0.2, -0.15) is 13.2 Å². The Morgan fingerprint density at radius 2 is 1.47 bits per heavy atom. The molecule has 1 aromatic carbocycles. The van der Waals surface area contributed by atoms with Crippen LogP contribution in [0.4, 0.5) is 13.2 Å². The highest BCUT2D eigenvalue weighted by Crippen LogP contribution is 2.29. The lowest BCUT2D eigenvalue weighted by molar-refractivity contribution is -0.137. The van der Waals surface area contributed by atoms with E-state index in [-0.39, 0.29) is 5.92 Å². The van der Waals surface area contributed by atoms with Crippen molar-refractivity contribution in [3.8, 4) is 0 Å². The van der Waals surface area contributed by atoms with Crippen molar-refractivity contribution >= 4 is 0 Å². The van der Waals surface area contributed by atoms with E-state index in [1.165, 1.54) is 12.1 Å². The maximum Gasteiger partial charge on any atom is 0.416 e. The van der Waals surface area contributed by atoms with E-state index in [2.05, 4.69) is 0 Å². The molecule has 0 radical (unpaired) electrons. The van der Waals surface area contributed by atoms with E-state index in [9.17, 15) is 13.2 Å². The summed E-state index contributed by atoms with van der Waals surface area (Å²) in [4.78, 5) is 0. The van der Waals surface area contributed by atoms with Gasteiger partial charge < -0.3 is 11.5 Å². The fraction of sp³-hybridized carbons (Fsp3) is 0.400. The molecule has 5 heteroatoms. The topological polar surface area (TPSA) is 52.0 Å². The van der Waals surface area contributed by atoms with Crippen LogP contribution in [0.3, 0.4) is 0 Å². The molecule has 0 aromatic heterocycles. The van der Waals surface area contributed by atoms with Crippen LogP contribution in [0.15, 0.2) is 24.3 Å². The predicted molar refractivity (Wildman–Crippen MR) is 52.3 cm³/mol. The number of halogens is 3. The average Bonchev–Trinajstić information content (AvgIpc) is 2.19. The van der Waals surface area contributed by atoms with Crippen molar-refractivity contribution in [3.63, 3.8) is 0 Å². The molecule has 0 saturated carbocycles. The smallest absolute Gasteiger partial charge is 0.330 e. The van der Waals surface area contributed by atoms with E-state index >= 15 is 0 Å². The standard InChI is InChI=1S/C10H13F3N2/c11-10(12,13)9-3-1-7(2-4-9)8(5-14)6-15/h1-4,8H,5-6,14-15H2. The molecular weight excluding hydrogens is 205 g/mol. The van der Waals surface area contributed by atoms with E-state index in [0.717, 1.165) is 17.7 Å². The molecule has 4 N–H and O–H groups in total. The minimum atomic E-state index is -4.29. The van der Waals surface area contributed by atoms with Crippen molar-refractivity contribution in [2.75, 3.05) is 13.1 Å². The van der Waals surface area contributed by atoms with Crippen molar-refractivity contribution in [3.05, 3.63) is 35.4 Å². The van der Waals surface area contributed by atoms with Crippen LogP contribution in [0.25, 0.3) is 0 Å². The lowest BCUT2D eigenvalue weighted by Gasteiger charge is -2.13. The van der Waals surface area contributed by atoms with Gasteiger partial charge in [-0.05, 0) is 17.7 Å². The summed E-state index contributed by atoms with van der Waals surface area (Å²) in [7, 11) is 0. The minimum Gasteiger partial charge on any atom is -0.330 e. The molecule has 0 amide bonds. The third-order valence-electron chi connectivity index (χ3n) is 2.28. The van der Waals surface area contributed by atoms with Crippen LogP contribution in [-0.4, -0.2) is 13.1 Å². The Morgan fingerprint density at radius 3 is 1.80 bits per heavy atom. The number of hydrogen-bond donors (Lipinski definition) is 2. The Morgan fingerprint density at radius 1 is 1.00 bits per heavy atom. The quantitative estimate of drug-likeness (QED) is 0.811. The maximum atomic E-state index is 12.2. The maximum absolute atomic E-state index is 12.2.